The van der Waals surface area contributed by atoms with E-state index in [9.17, 15) is 4.79 Å². The number of carbonyl (C=O) groups is 1. The first kappa shape index (κ1) is 17.4. The second-order valence-electron chi connectivity index (χ2n) is 4.73. The summed E-state index contributed by atoms with van der Waals surface area (Å²) in [5.74, 6) is 0.539. The summed E-state index contributed by atoms with van der Waals surface area (Å²) in [4.78, 5) is 25.0. The molecule has 0 spiro atoms. The monoisotopic (exact) mass is 351 g/mol. The summed E-state index contributed by atoms with van der Waals surface area (Å²) >= 11 is 11.9. The van der Waals surface area contributed by atoms with Crippen LogP contribution in [0.2, 0.25) is 10.0 Å². The molecule has 0 saturated carbocycles. The molecule has 0 unspecified atom stereocenters. The molecule has 0 aliphatic heterocycles. The van der Waals surface area contributed by atoms with Crippen molar-refractivity contribution in [1.29, 1.82) is 0 Å². The van der Waals surface area contributed by atoms with Gasteiger partial charge in [0.05, 0.1) is 22.2 Å². The molecule has 0 atom stereocenters. The lowest BCUT2D eigenvalue weighted by atomic mass is 10.0. The molecule has 2 aromatic rings. The fourth-order valence-corrected chi connectivity index (χ4v) is 2.27. The molecular formula is C16H15Cl2N3O2. The Hall–Kier alpha value is -1.98. The summed E-state index contributed by atoms with van der Waals surface area (Å²) in [6, 6.07) is 6.88. The summed E-state index contributed by atoms with van der Waals surface area (Å²) in [7, 11) is 1.46. The third-order valence-corrected chi connectivity index (χ3v) is 3.81. The van der Waals surface area contributed by atoms with E-state index in [0.717, 1.165) is 5.56 Å². The molecule has 7 heteroatoms. The van der Waals surface area contributed by atoms with E-state index in [2.05, 4.69) is 15.1 Å². The van der Waals surface area contributed by atoms with Gasteiger partial charge in [-0.15, -0.1) is 0 Å². The zero-order valence-corrected chi connectivity index (χ0v) is 14.0. The van der Waals surface area contributed by atoms with Gasteiger partial charge in [0.2, 0.25) is 0 Å². The summed E-state index contributed by atoms with van der Waals surface area (Å²) < 4.78 is 0. The quantitative estimate of drug-likeness (QED) is 0.563. The van der Waals surface area contributed by atoms with Crippen molar-refractivity contribution in [1.82, 2.24) is 9.97 Å². The van der Waals surface area contributed by atoms with Gasteiger partial charge in [-0.2, -0.15) is 0 Å². The standard InChI is InChI=1S/C16H15Cl2N3O2/c1-23-21-15(11-3-5-13(17)14(18)9-11)6-4-12(22)10-16-19-7-2-8-20-16/h2-3,5,7-9H,4,6,10H2,1H3. The second-order valence-corrected chi connectivity index (χ2v) is 5.54. The van der Waals surface area contributed by atoms with Crippen molar-refractivity contribution < 1.29 is 9.63 Å². The average molecular weight is 352 g/mol. The highest BCUT2D eigenvalue weighted by Crippen LogP contribution is 2.23. The molecule has 120 valence electrons. The van der Waals surface area contributed by atoms with Gasteiger partial charge in [-0.3, -0.25) is 4.79 Å². The Morgan fingerprint density at radius 2 is 1.91 bits per heavy atom. The lowest BCUT2D eigenvalue weighted by Gasteiger charge is -2.07. The Morgan fingerprint density at radius 3 is 2.57 bits per heavy atom. The molecular weight excluding hydrogens is 337 g/mol. The molecule has 0 aliphatic carbocycles. The van der Waals surface area contributed by atoms with Crippen molar-refractivity contribution in [3.8, 4) is 0 Å². The van der Waals surface area contributed by atoms with Crippen LogP contribution in [0.15, 0.2) is 41.8 Å². The zero-order valence-electron chi connectivity index (χ0n) is 12.5. The van der Waals surface area contributed by atoms with E-state index >= 15 is 0 Å². The van der Waals surface area contributed by atoms with Crippen molar-refractivity contribution in [2.24, 2.45) is 5.16 Å². The highest BCUT2D eigenvalue weighted by Gasteiger charge is 2.12. The van der Waals surface area contributed by atoms with Crippen LogP contribution in [0.3, 0.4) is 0 Å². The fraction of sp³-hybridized carbons (Fsp3) is 0.250. The molecule has 1 aromatic heterocycles. The predicted molar refractivity (Wildman–Crippen MR) is 90.0 cm³/mol. The predicted octanol–water partition coefficient (Wildman–Crippen LogP) is 3.73. The first-order valence-corrected chi connectivity index (χ1v) is 7.68. The van der Waals surface area contributed by atoms with Gasteiger partial charge in [-0.1, -0.05) is 34.4 Å². The first-order chi connectivity index (χ1) is 11.1. The Kier molecular flexibility index (Phi) is 6.50. The minimum atomic E-state index is 0.0278. The third-order valence-electron chi connectivity index (χ3n) is 3.07. The first-order valence-electron chi connectivity index (χ1n) is 6.93. The number of hydrogen-bond donors (Lipinski definition) is 0. The molecule has 0 saturated heterocycles. The van der Waals surface area contributed by atoms with E-state index < -0.39 is 0 Å². The molecule has 0 bridgehead atoms. The van der Waals surface area contributed by atoms with Gasteiger partial charge in [0, 0.05) is 30.8 Å². The maximum Gasteiger partial charge on any atom is 0.140 e. The molecule has 2 rings (SSSR count). The average Bonchev–Trinajstić information content (AvgIpc) is 2.55. The number of hydrogen-bond acceptors (Lipinski definition) is 5. The maximum atomic E-state index is 12.1. The Balaban J connectivity index is 2.01. The molecule has 1 aromatic carbocycles. The van der Waals surface area contributed by atoms with Crippen molar-refractivity contribution >= 4 is 34.7 Å². The van der Waals surface area contributed by atoms with Crippen LogP contribution in [0.5, 0.6) is 0 Å². The van der Waals surface area contributed by atoms with E-state index in [1.54, 1.807) is 36.7 Å². The number of aromatic nitrogens is 2. The number of oxime groups is 1. The summed E-state index contributed by atoms with van der Waals surface area (Å²) in [6.07, 6.45) is 4.16. The van der Waals surface area contributed by atoms with Crippen molar-refractivity contribution in [2.75, 3.05) is 7.11 Å². The number of carbonyl (C=O) groups excluding carboxylic acids is 1. The van der Waals surface area contributed by atoms with Gasteiger partial charge in [-0.05, 0) is 18.2 Å². The van der Waals surface area contributed by atoms with E-state index in [1.807, 2.05) is 0 Å². The Morgan fingerprint density at radius 1 is 1.17 bits per heavy atom. The number of ketones is 1. The van der Waals surface area contributed by atoms with Gasteiger partial charge < -0.3 is 4.84 Å². The van der Waals surface area contributed by atoms with Crippen molar-refractivity contribution in [3.05, 3.63) is 58.1 Å². The largest absolute Gasteiger partial charge is 0.399 e. The lowest BCUT2D eigenvalue weighted by molar-refractivity contribution is -0.118. The van der Waals surface area contributed by atoms with Crippen molar-refractivity contribution in [3.63, 3.8) is 0 Å². The van der Waals surface area contributed by atoms with E-state index in [-0.39, 0.29) is 12.2 Å². The number of halogens is 2. The van der Waals surface area contributed by atoms with E-state index in [0.29, 0.717) is 34.4 Å². The fourth-order valence-electron chi connectivity index (χ4n) is 1.97. The molecule has 1 heterocycles. The molecule has 0 aliphatic rings. The second kappa shape index (κ2) is 8.60. The number of benzene rings is 1. The van der Waals surface area contributed by atoms with Gasteiger partial charge in [0.1, 0.15) is 18.7 Å². The van der Waals surface area contributed by atoms with Crippen molar-refractivity contribution in [2.45, 2.75) is 19.3 Å². The van der Waals surface area contributed by atoms with Crippen LogP contribution in [0, 0.1) is 0 Å². The zero-order chi connectivity index (χ0) is 16.7. The highest BCUT2D eigenvalue weighted by molar-refractivity contribution is 6.42. The topological polar surface area (TPSA) is 64.4 Å². The number of rotatable bonds is 7. The molecule has 5 nitrogen and oxygen atoms in total. The molecule has 0 fully saturated rings. The van der Waals surface area contributed by atoms with Crippen LogP contribution >= 0.6 is 23.2 Å². The SMILES string of the molecule is CON=C(CCC(=O)Cc1ncccn1)c1ccc(Cl)c(Cl)c1. The minimum absolute atomic E-state index is 0.0278. The number of Topliss-reactive ketones (excluding diaryl/α,β-unsaturated/α-hetero) is 1. The van der Waals surface area contributed by atoms with Crippen LogP contribution < -0.4 is 0 Å². The van der Waals surface area contributed by atoms with E-state index in [1.165, 1.54) is 7.11 Å². The Labute approximate surface area is 144 Å². The van der Waals surface area contributed by atoms with Crippen LogP contribution in [0.4, 0.5) is 0 Å². The smallest absolute Gasteiger partial charge is 0.140 e. The molecule has 0 radical (unpaired) electrons. The Bertz CT molecular complexity index is 706. The number of nitrogens with zero attached hydrogens (tertiary/aromatic N) is 3. The van der Waals surface area contributed by atoms with Gasteiger partial charge in [-0.25, -0.2) is 9.97 Å². The normalized spacial score (nSPS) is 11.3. The van der Waals surface area contributed by atoms with Gasteiger partial charge >= 0.3 is 0 Å². The maximum absolute atomic E-state index is 12.1. The molecule has 23 heavy (non-hydrogen) atoms. The van der Waals surface area contributed by atoms with Crippen LogP contribution in [0.25, 0.3) is 0 Å². The summed E-state index contributed by atoms with van der Waals surface area (Å²) in [6.45, 7) is 0. The van der Waals surface area contributed by atoms with Crippen LogP contribution in [0.1, 0.15) is 24.2 Å². The molecule has 0 amide bonds. The third kappa shape index (κ3) is 5.30. The van der Waals surface area contributed by atoms with E-state index in [4.69, 9.17) is 28.0 Å². The van der Waals surface area contributed by atoms with Crippen LogP contribution in [-0.4, -0.2) is 28.6 Å². The van der Waals surface area contributed by atoms with Gasteiger partial charge in [0.25, 0.3) is 0 Å². The van der Waals surface area contributed by atoms with Crippen LogP contribution in [-0.2, 0) is 16.1 Å². The minimum Gasteiger partial charge on any atom is -0.399 e. The summed E-state index contributed by atoms with van der Waals surface area (Å²) in [5, 5.41) is 4.87. The lowest BCUT2D eigenvalue weighted by Crippen LogP contribution is -2.10. The molecule has 0 N–H and O–H groups in total. The highest BCUT2D eigenvalue weighted by atomic mass is 35.5. The van der Waals surface area contributed by atoms with Gasteiger partial charge in [0.15, 0.2) is 0 Å². The summed E-state index contributed by atoms with van der Waals surface area (Å²) in [5.41, 5.74) is 1.40.